The highest BCUT2D eigenvalue weighted by molar-refractivity contribution is 5.79. The first-order chi connectivity index (χ1) is 14.2. The summed E-state index contributed by atoms with van der Waals surface area (Å²) in [6, 6.07) is 12.0. The van der Waals surface area contributed by atoms with Crippen LogP contribution in [0, 0.1) is 0 Å². The number of aliphatic imine (C=N–C) groups is 1. The number of guanidine groups is 1. The van der Waals surface area contributed by atoms with Crippen LogP contribution in [0.2, 0.25) is 0 Å². The van der Waals surface area contributed by atoms with E-state index in [2.05, 4.69) is 33.4 Å². The zero-order chi connectivity index (χ0) is 20.1. The van der Waals surface area contributed by atoms with Crippen molar-refractivity contribution in [2.75, 3.05) is 26.9 Å². The highest BCUT2D eigenvalue weighted by Gasteiger charge is 2.14. The number of ether oxygens (including phenoxy) is 2. The lowest BCUT2D eigenvalue weighted by molar-refractivity contribution is 0.174. The molecule has 0 spiro atoms. The SMILES string of the molecule is CCNC(=NCCCc1nnc2ccccn12)N(C)Cc1ccc2c(c1)OCO2. The number of nitrogens with one attached hydrogen (secondary N) is 1. The van der Waals surface area contributed by atoms with Crippen molar-refractivity contribution >= 4 is 11.6 Å². The first kappa shape index (κ1) is 19.0. The van der Waals surface area contributed by atoms with Gasteiger partial charge < -0.3 is 19.7 Å². The molecule has 29 heavy (non-hydrogen) atoms. The van der Waals surface area contributed by atoms with Crippen LogP contribution in [-0.2, 0) is 13.0 Å². The molecule has 2 aromatic heterocycles. The molecule has 0 bridgehead atoms. The average Bonchev–Trinajstić information content (AvgIpc) is 3.37. The molecule has 152 valence electrons. The van der Waals surface area contributed by atoms with E-state index in [-0.39, 0.29) is 0 Å². The van der Waals surface area contributed by atoms with Crippen LogP contribution in [0.1, 0.15) is 24.7 Å². The smallest absolute Gasteiger partial charge is 0.231 e. The molecule has 1 aromatic carbocycles. The Morgan fingerprint density at radius 3 is 3.00 bits per heavy atom. The second-order valence-electron chi connectivity index (χ2n) is 6.93. The van der Waals surface area contributed by atoms with Crippen molar-refractivity contribution in [1.82, 2.24) is 24.8 Å². The van der Waals surface area contributed by atoms with Gasteiger partial charge in [-0.1, -0.05) is 12.1 Å². The van der Waals surface area contributed by atoms with Gasteiger partial charge in [-0.15, -0.1) is 10.2 Å². The van der Waals surface area contributed by atoms with Crippen LogP contribution in [-0.4, -0.2) is 52.4 Å². The van der Waals surface area contributed by atoms with Crippen LogP contribution < -0.4 is 14.8 Å². The number of hydrogen-bond acceptors (Lipinski definition) is 5. The van der Waals surface area contributed by atoms with Crippen molar-refractivity contribution in [3.05, 3.63) is 54.0 Å². The Hall–Kier alpha value is -3.29. The Balaban J connectivity index is 1.35. The fourth-order valence-corrected chi connectivity index (χ4v) is 3.34. The number of pyridine rings is 1. The van der Waals surface area contributed by atoms with E-state index in [0.717, 1.165) is 67.0 Å². The molecule has 3 aromatic rings. The second kappa shape index (κ2) is 8.81. The average molecular weight is 394 g/mol. The molecule has 1 aliphatic heterocycles. The second-order valence-corrected chi connectivity index (χ2v) is 6.93. The van der Waals surface area contributed by atoms with Gasteiger partial charge in [-0.3, -0.25) is 9.39 Å². The maximum atomic E-state index is 5.47. The zero-order valence-electron chi connectivity index (χ0n) is 16.8. The minimum atomic E-state index is 0.292. The summed E-state index contributed by atoms with van der Waals surface area (Å²) < 4.78 is 12.9. The van der Waals surface area contributed by atoms with E-state index in [1.165, 1.54) is 0 Å². The monoisotopic (exact) mass is 394 g/mol. The first-order valence-electron chi connectivity index (χ1n) is 9.91. The molecule has 8 nitrogen and oxygen atoms in total. The Morgan fingerprint density at radius 2 is 2.10 bits per heavy atom. The molecule has 0 atom stereocenters. The van der Waals surface area contributed by atoms with Crippen LogP contribution in [0.3, 0.4) is 0 Å². The fraction of sp³-hybridized carbons (Fsp3) is 0.381. The number of aryl methyl sites for hydroxylation is 1. The van der Waals surface area contributed by atoms with E-state index in [1.807, 2.05) is 48.0 Å². The number of hydrogen-bond donors (Lipinski definition) is 1. The highest BCUT2D eigenvalue weighted by atomic mass is 16.7. The third-order valence-corrected chi connectivity index (χ3v) is 4.76. The highest BCUT2D eigenvalue weighted by Crippen LogP contribution is 2.32. The van der Waals surface area contributed by atoms with Crippen molar-refractivity contribution in [2.24, 2.45) is 4.99 Å². The normalized spacial score (nSPS) is 13.1. The van der Waals surface area contributed by atoms with Gasteiger partial charge in [0, 0.05) is 39.3 Å². The molecule has 0 aliphatic carbocycles. The Kier molecular flexibility index (Phi) is 5.79. The van der Waals surface area contributed by atoms with Crippen molar-refractivity contribution < 1.29 is 9.47 Å². The van der Waals surface area contributed by atoms with Crippen molar-refractivity contribution in [3.8, 4) is 11.5 Å². The van der Waals surface area contributed by atoms with Crippen molar-refractivity contribution in [1.29, 1.82) is 0 Å². The molecule has 4 rings (SSSR count). The first-order valence-corrected chi connectivity index (χ1v) is 9.91. The zero-order valence-corrected chi connectivity index (χ0v) is 16.8. The van der Waals surface area contributed by atoms with E-state index in [4.69, 9.17) is 14.5 Å². The molecular weight excluding hydrogens is 368 g/mol. The molecular formula is C21H26N6O2. The molecule has 0 saturated heterocycles. The Labute approximate surface area is 170 Å². The molecule has 1 N–H and O–H groups in total. The molecule has 0 fully saturated rings. The van der Waals surface area contributed by atoms with Crippen LogP contribution in [0.5, 0.6) is 11.5 Å². The molecule has 1 aliphatic rings. The molecule has 0 amide bonds. The van der Waals surface area contributed by atoms with E-state index in [1.54, 1.807) is 0 Å². The van der Waals surface area contributed by atoms with Crippen LogP contribution >= 0.6 is 0 Å². The minimum absolute atomic E-state index is 0.292. The summed E-state index contributed by atoms with van der Waals surface area (Å²) in [6.45, 7) is 4.64. The van der Waals surface area contributed by atoms with Gasteiger partial charge in [0.1, 0.15) is 5.82 Å². The van der Waals surface area contributed by atoms with E-state index >= 15 is 0 Å². The number of benzene rings is 1. The Morgan fingerprint density at radius 1 is 1.21 bits per heavy atom. The van der Waals surface area contributed by atoms with E-state index < -0.39 is 0 Å². The van der Waals surface area contributed by atoms with Gasteiger partial charge in [-0.05, 0) is 43.2 Å². The molecule has 0 saturated carbocycles. The van der Waals surface area contributed by atoms with Crippen molar-refractivity contribution in [3.63, 3.8) is 0 Å². The number of nitrogens with zero attached hydrogens (tertiary/aromatic N) is 5. The van der Waals surface area contributed by atoms with E-state index in [0.29, 0.717) is 6.79 Å². The van der Waals surface area contributed by atoms with Crippen molar-refractivity contribution in [2.45, 2.75) is 26.3 Å². The summed E-state index contributed by atoms with van der Waals surface area (Å²) in [4.78, 5) is 6.90. The van der Waals surface area contributed by atoms with Gasteiger partial charge in [-0.2, -0.15) is 0 Å². The maximum Gasteiger partial charge on any atom is 0.231 e. The van der Waals surface area contributed by atoms with Gasteiger partial charge in [0.2, 0.25) is 6.79 Å². The summed E-state index contributed by atoms with van der Waals surface area (Å²) in [6.07, 6.45) is 3.74. The van der Waals surface area contributed by atoms with Gasteiger partial charge in [0.15, 0.2) is 23.1 Å². The van der Waals surface area contributed by atoms with Gasteiger partial charge in [-0.25, -0.2) is 0 Å². The van der Waals surface area contributed by atoms with Crippen LogP contribution in [0.4, 0.5) is 0 Å². The van der Waals surface area contributed by atoms with Gasteiger partial charge in [0.05, 0.1) is 0 Å². The summed E-state index contributed by atoms with van der Waals surface area (Å²) >= 11 is 0. The Bertz CT molecular complexity index is 1000. The maximum absolute atomic E-state index is 5.47. The third kappa shape index (κ3) is 4.42. The quantitative estimate of drug-likeness (QED) is 0.377. The molecule has 8 heteroatoms. The predicted octanol–water partition coefficient (Wildman–Crippen LogP) is 2.49. The molecule has 0 unspecified atom stereocenters. The summed E-state index contributed by atoms with van der Waals surface area (Å²) in [7, 11) is 2.04. The van der Waals surface area contributed by atoms with Gasteiger partial charge in [0.25, 0.3) is 0 Å². The molecule has 0 radical (unpaired) electrons. The fourth-order valence-electron chi connectivity index (χ4n) is 3.34. The lowest BCUT2D eigenvalue weighted by atomic mass is 10.2. The van der Waals surface area contributed by atoms with Crippen LogP contribution in [0.25, 0.3) is 5.65 Å². The van der Waals surface area contributed by atoms with E-state index in [9.17, 15) is 0 Å². The minimum Gasteiger partial charge on any atom is -0.454 e. The topological polar surface area (TPSA) is 76.3 Å². The summed E-state index contributed by atoms with van der Waals surface area (Å²) in [5.41, 5.74) is 2.03. The summed E-state index contributed by atoms with van der Waals surface area (Å²) in [5.74, 6) is 3.46. The third-order valence-electron chi connectivity index (χ3n) is 4.76. The van der Waals surface area contributed by atoms with Crippen LogP contribution in [0.15, 0.2) is 47.6 Å². The number of rotatable bonds is 7. The standard InChI is InChI=1S/C21H26N6O2/c1-3-22-21(26(2)14-16-9-10-17-18(13-16)29-15-28-17)23-11-6-8-20-25-24-19-7-4-5-12-27(19)20/h4-5,7,9-10,12-13H,3,6,8,11,14-15H2,1-2H3,(H,22,23). The predicted molar refractivity (Wildman–Crippen MR) is 111 cm³/mol. The lowest BCUT2D eigenvalue weighted by Crippen LogP contribution is -2.38. The largest absolute Gasteiger partial charge is 0.454 e. The van der Waals surface area contributed by atoms with Gasteiger partial charge >= 0.3 is 0 Å². The number of aromatic nitrogens is 3. The number of fused-ring (bicyclic) bond motifs is 2. The summed E-state index contributed by atoms with van der Waals surface area (Å²) in [5, 5.41) is 11.8. The molecule has 3 heterocycles. The lowest BCUT2D eigenvalue weighted by Gasteiger charge is -2.22.